The van der Waals surface area contributed by atoms with Crippen LogP contribution in [0.3, 0.4) is 0 Å². The van der Waals surface area contributed by atoms with E-state index in [0.717, 1.165) is 27.4 Å². The lowest BCUT2D eigenvalue weighted by Crippen LogP contribution is -2.08. The average molecular weight is 258 g/mol. The second-order valence-corrected chi connectivity index (χ2v) is 5.25. The second-order valence-electron chi connectivity index (χ2n) is 4.36. The Bertz CT molecular complexity index is 638. The Morgan fingerprint density at radius 3 is 3.00 bits per heavy atom. The van der Waals surface area contributed by atoms with Crippen LogP contribution in [-0.4, -0.2) is 11.5 Å². The van der Waals surface area contributed by atoms with Gasteiger partial charge in [-0.3, -0.25) is 0 Å². The molecular weight excluding hydrogens is 244 g/mol. The van der Waals surface area contributed by atoms with E-state index >= 15 is 0 Å². The molecule has 0 radical (unpaired) electrons. The molecule has 0 aliphatic carbocycles. The summed E-state index contributed by atoms with van der Waals surface area (Å²) in [6.45, 7) is 2.70. The zero-order valence-electron chi connectivity index (χ0n) is 10.1. The number of hydrogen-bond acceptors (Lipinski definition) is 4. The fourth-order valence-corrected chi connectivity index (χ4v) is 2.72. The Labute approximate surface area is 109 Å². The van der Waals surface area contributed by atoms with Crippen molar-refractivity contribution < 1.29 is 4.42 Å². The lowest BCUT2D eigenvalue weighted by molar-refractivity contribution is 0.628. The van der Waals surface area contributed by atoms with E-state index in [1.54, 1.807) is 11.3 Å². The molecule has 92 valence electrons. The maximum absolute atomic E-state index is 5.79. The van der Waals surface area contributed by atoms with Crippen molar-refractivity contribution in [2.45, 2.75) is 12.8 Å². The van der Waals surface area contributed by atoms with Gasteiger partial charge in [-0.2, -0.15) is 0 Å². The second kappa shape index (κ2) is 4.55. The van der Waals surface area contributed by atoms with Crippen molar-refractivity contribution in [2.24, 2.45) is 5.73 Å². The van der Waals surface area contributed by atoms with Gasteiger partial charge in [-0.25, -0.2) is 4.98 Å². The fourth-order valence-electron chi connectivity index (χ4n) is 1.84. The van der Waals surface area contributed by atoms with E-state index in [1.807, 2.05) is 35.7 Å². The van der Waals surface area contributed by atoms with Crippen molar-refractivity contribution in [3.63, 3.8) is 0 Å². The highest BCUT2D eigenvalue weighted by molar-refractivity contribution is 7.10. The molecule has 0 amide bonds. The van der Waals surface area contributed by atoms with Crippen LogP contribution in [0, 0.1) is 0 Å². The molecule has 0 saturated heterocycles. The molecule has 4 heteroatoms. The quantitative estimate of drug-likeness (QED) is 0.780. The van der Waals surface area contributed by atoms with Crippen LogP contribution >= 0.6 is 11.3 Å². The average Bonchev–Trinajstić information content (AvgIpc) is 3.03. The zero-order chi connectivity index (χ0) is 12.5. The van der Waals surface area contributed by atoms with Crippen molar-refractivity contribution >= 4 is 22.3 Å². The number of fused-ring (bicyclic) bond motifs is 1. The largest absolute Gasteiger partial charge is 0.454 e. The van der Waals surface area contributed by atoms with Gasteiger partial charge in [0.15, 0.2) is 5.76 Å². The van der Waals surface area contributed by atoms with Crippen LogP contribution in [0.2, 0.25) is 0 Å². The smallest absolute Gasteiger partial charge is 0.154 e. The molecule has 2 N–H and O–H groups in total. The Kier molecular flexibility index (Phi) is 2.89. The third-order valence-corrected chi connectivity index (χ3v) is 4.05. The highest BCUT2D eigenvalue weighted by Crippen LogP contribution is 2.30. The van der Waals surface area contributed by atoms with Gasteiger partial charge in [0.25, 0.3) is 0 Å². The molecule has 0 aliphatic heterocycles. The predicted molar refractivity (Wildman–Crippen MR) is 74.8 cm³/mol. The Morgan fingerprint density at radius 1 is 1.39 bits per heavy atom. The van der Waals surface area contributed by atoms with Crippen LogP contribution in [-0.2, 0) is 0 Å². The predicted octanol–water partition coefficient (Wildman–Crippen LogP) is 3.62. The maximum atomic E-state index is 5.79. The number of nitrogens with zero attached hydrogens (tertiary/aromatic N) is 1. The molecule has 0 fully saturated rings. The number of aromatic nitrogens is 1. The first-order chi connectivity index (χ1) is 8.78. The molecule has 1 aromatic carbocycles. The first kappa shape index (κ1) is 11.4. The highest BCUT2D eigenvalue weighted by atomic mass is 32.1. The molecule has 3 aromatic rings. The summed E-state index contributed by atoms with van der Waals surface area (Å²) < 4.78 is 5.79. The fraction of sp³-hybridized carbons (Fsp3) is 0.214. The minimum absolute atomic E-state index is 0.299. The first-order valence-corrected chi connectivity index (χ1v) is 6.80. The molecule has 18 heavy (non-hydrogen) atoms. The topological polar surface area (TPSA) is 52.0 Å². The highest BCUT2D eigenvalue weighted by Gasteiger charge is 2.12. The van der Waals surface area contributed by atoms with Gasteiger partial charge in [0, 0.05) is 23.2 Å². The van der Waals surface area contributed by atoms with E-state index in [0.29, 0.717) is 12.5 Å². The van der Waals surface area contributed by atoms with Gasteiger partial charge in [0.2, 0.25) is 0 Å². The Morgan fingerprint density at radius 2 is 2.22 bits per heavy atom. The normalized spacial score (nSPS) is 13.0. The van der Waals surface area contributed by atoms with Gasteiger partial charge >= 0.3 is 0 Å². The van der Waals surface area contributed by atoms with Crippen LogP contribution in [0.5, 0.6) is 0 Å². The number of nitrogens with two attached hydrogens (primary N) is 1. The van der Waals surface area contributed by atoms with Crippen LogP contribution in [0.1, 0.15) is 17.8 Å². The Hall–Kier alpha value is -1.65. The summed E-state index contributed by atoms with van der Waals surface area (Å²) in [6, 6.07) is 10.0. The maximum Gasteiger partial charge on any atom is 0.154 e. The standard InChI is InChI=1S/C14H14N2OS/c1-9(7-15)14-16-11(8-18-14)13-6-10-4-2-3-5-12(10)17-13/h2-6,8-9H,7,15H2,1H3. The number of para-hydroxylation sites is 1. The van der Waals surface area contributed by atoms with Gasteiger partial charge in [-0.15, -0.1) is 11.3 Å². The SMILES string of the molecule is CC(CN)c1nc(-c2cc3ccccc3o2)cs1. The third kappa shape index (κ3) is 1.94. The number of hydrogen-bond donors (Lipinski definition) is 1. The van der Waals surface area contributed by atoms with E-state index < -0.39 is 0 Å². The van der Waals surface area contributed by atoms with Crippen molar-refractivity contribution in [3.8, 4) is 11.5 Å². The minimum atomic E-state index is 0.299. The van der Waals surface area contributed by atoms with E-state index in [2.05, 4.69) is 11.9 Å². The number of rotatable bonds is 3. The number of furan rings is 1. The molecule has 0 saturated carbocycles. The monoisotopic (exact) mass is 258 g/mol. The van der Waals surface area contributed by atoms with E-state index in [1.165, 1.54) is 0 Å². The van der Waals surface area contributed by atoms with E-state index in [4.69, 9.17) is 10.2 Å². The zero-order valence-corrected chi connectivity index (χ0v) is 10.9. The molecule has 0 aliphatic rings. The summed E-state index contributed by atoms with van der Waals surface area (Å²) in [5.74, 6) is 1.12. The lowest BCUT2D eigenvalue weighted by Gasteiger charge is -2.01. The summed E-state index contributed by atoms with van der Waals surface area (Å²) in [5.41, 5.74) is 7.45. The van der Waals surface area contributed by atoms with Crippen LogP contribution in [0.25, 0.3) is 22.4 Å². The van der Waals surface area contributed by atoms with Gasteiger partial charge in [-0.1, -0.05) is 25.1 Å². The van der Waals surface area contributed by atoms with Gasteiger partial charge < -0.3 is 10.2 Å². The number of thiazole rings is 1. The summed E-state index contributed by atoms with van der Waals surface area (Å²) >= 11 is 1.64. The molecule has 0 bridgehead atoms. The molecule has 3 nitrogen and oxygen atoms in total. The Balaban J connectivity index is 2.01. The van der Waals surface area contributed by atoms with Crippen LogP contribution in [0.4, 0.5) is 0 Å². The molecule has 2 aromatic heterocycles. The van der Waals surface area contributed by atoms with E-state index in [9.17, 15) is 0 Å². The van der Waals surface area contributed by atoms with Crippen molar-refractivity contribution in [1.29, 1.82) is 0 Å². The van der Waals surface area contributed by atoms with Crippen LogP contribution < -0.4 is 5.73 Å². The van der Waals surface area contributed by atoms with Crippen molar-refractivity contribution in [3.05, 3.63) is 40.7 Å². The van der Waals surface area contributed by atoms with E-state index in [-0.39, 0.29) is 0 Å². The van der Waals surface area contributed by atoms with Crippen molar-refractivity contribution in [2.75, 3.05) is 6.54 Å². The van der Waals surface area contributed by atoms with Gasteiger partial charge in [0.1, 0.15) is 11.3 Å². The third-order valence-electron chi connectivity index (χ3n) is 2.98. The molecule has 3 rings (SSSR count). The summed E-state index contributed by atoms with van der Waals surface area (Å²) in [7, 11) is 0. The summed E-state index contributed by atoms with van der Waals surface area (Å²) in [6.07, 6.45) is 0. The molecule has 2 heterocycles. The molecular formula is C14H14N2OS. The lowest BCUT2D eigenvalue weighted by atomic mass is 10.2. The molecule has 0 spiro atoms. The first-order valence-electron chi connectivity index (χ1n) is 5.92. The summed E-state index contributed by atoms with van der Waals surface area (Å²) in [4.78, 5) is 4.59. The molecule has 1 unspecified atom stereocenters. The molecule has 1 atom stereocenters. The summed E-state index contributed by atoms with van der Waals surface area (Å²) in [5, 5.41) is 4.20. The minimum Gasteiger partial charge on any atom is -0.454 e. The van der Waals surface area contributed by atoms with Crippen molar-refractivity contribution in [1.82, 2.24) is 4.98 Å². The number of benzene rings is 1. The van der Waals surface area contributed by atoms with Gasteiger partial charge in [-0.05, 0) is 12.1 Å². The van der Waals surface area contributed by atoms with Gasteiger partial charge in [0.05, 0.1) is 5.01 Å². The van der Waals surface area contributed by atoms with Crippen LogP contribution in [0.15, 0.2) is 40.1 Å².